The van der Waals surface area contributed by atoms with Gasteiger partial charge in [-0.2, -0.15) is 0 Å². The topological polar surface area (TPSA) is 15.4 Å². The Bertz CT molecular complexity index is 1080. The van der Waals surface area contributed by atoms with Gasteiger partial charge < -0.3 is 57.8 Å². The van der Waals surface area contributed by atoms with Crippen molar-refractivity contribution in [2.24, 2.45) is 0 Å². The van der Waals surface area contributed by atoms with Crippen LogP contribution in [0.5, 0.6) is 0 Å². The second-order valence-corrected chi connectivity index (χ2v) is 9.27. The molecule has 6 heteroatoms. The summed E-state index contributed by atoms with van der Waals surface area (Å²) >= 11 is 0. The van der Waals surface area contributed by atoms with Gasteiger partial charge in [0, 0.05) is 51.2 Å². The van der Waals surface area contributed by atoms with Gasteiger partial charge in [-0.05, 0) is 45.4 Å². The number of anilines is 2. The lowest BCUT2D eigenvalue weighted by Gasteiger charge is -2.28. The van der Waals surface area contributed by atoms with Gasteiger partial charge in [-0.15, -0.1) is 0 Å². The number of benzene rings is 3. The van der Waals surface area contributed by atoms with E-state index in [1.807, 2.05) is 0 Å². The van der Waals surface area contributed by atoms with Gasteiger partial charge in [0.1, 0.15) is 22.7 Å². The molecule has 0 aromatic heterocycles. The first-order chi connectivity index (χ1) is 15.5. The Morgan fingerprint density at radius 3 is 1.41 bits per heavy atom. The summed E-state index contributed by atoms with van der Waals surface area (Å²) < 4.78 is 0. The number of nitrogens with one attached hydrogen (secondary N) is 2. The number of quaternary nitrogens is 2. The minimum Gasteiger partial charge on any atom is -1.00 e. The van der Waals surface area contributed by atoms with Crippen LogP contribution in [-0.2, 0) is 0 Å². The highest BCUT2D eigenvalue weighted by atomic mass is 127. The second-order valence-electron chi connectivity index (χ2n) is 9.27. The summed E-state index contributed by atoms with van der Waals surface area (Å²) in [5.41, 5.74) is 11.1. The third-order valence-corrected chi connectivity index (χ3v) is 7.59. The van der Waals surface area contributed by atoms with E-state index in [2.05, 4.69) is 112 Å². The van der Waals surface area contributed by atoms with Crippen LogP contribution in [0.25, 0.3) is 0 Å². The van der Waals surface area contributed by atoms with Crippen molar-refractivity contribution in [3.8, 4) is 0 Å². The molecule has 0 bridgehead atoms. The summed E-state index contributed by atoms with van der Waals surface area (Å²) in [5.74, 6) is 0. The van der Waals surface area contributed by atoms with E-state index in [1.165, 1.54) is 55.1 Å². The lowest BCUT2D eigenvalue weighted by atomic mass is 10.0. The molecule has 0 aliphatic carbocycles. The first-order valence-corrected chi connectivity index (χ1v) is 12.1. The van der Waals surface area contributed by atoms with Gasteiger partial charge in [0.05, 0.1) is 5.56 Å². The Kier molecular flexibility index (Phi) is 8.59. The van der Waals surface area contributed by atoms with Crippen molar-refractivity contribution >= 4 is 34.1 Å². The van der Waals surface area contributed by atoms with Crippen molar-refractivity contribution in [2.45, 2.75) is 53.9 Å². The first kappa shape index (κ1) is 27.2. The molecule has 4 atom stereocenters. The van der Waals surface area contributed by atoms with Gasteiger partial charge >= 0.3 is 0 Å². The average molecular weight is 682 g/mol. The van der Waals surface area contributed by atoms with Crippen molar-refractivity contribution in [3.05, 3.63) is 71.8 Å². The molecule has 4 nitrogen and oxygen atoms in total. The molecule has 0 fully saturated rings. The fraction of sp³-hybridized carbons (Fsp3) is 0.357. The minimum atomic E-state index is 0. The molecule has 2 aliphatic rings. The average Bonchev–Trinajstić information content (AvgIpc) is 3.24. The molecule has 2 heterocycles. The van der Waals surface area contributed by atoms with E-state index in [1.54, 1.807) is 0 Å². The Morgan fingerprint density at radius 1 is 0.647 bits per heavy atom. The van der Waals surface area contributed by atoms with Crippen molar-refractivity contribution < 1.29 is 57.8 Å². The van der Waals surface area contributed by atoms with Crippen LogP contribution < -0.4 is 67.6 Å². The summed E-state index contributed by atoms with van der Waals surface area (Å²) in [6.07, 6.45) is 0.743. The molecule has 0 saturated heterocycles. The van der Waals surface area contributed by atoms with E-state index < -0.39 is 0 Å². The number of fused-ring (bicyclic) bond motifs is 2. The molecule has 0 amide bonds. The molecule has 2 unspecified atom stereocenters. The highest BCUT2D eigenvalue weighted by Crippen LogP contribution is 2.35. The Labute approximate surface area is 239 Å². The SMILES string of the molecule is CCN1c2ccccc2[NH+](c2cc(C)cc([NH+]3c4ccccc4N(CC)[C@@H]3C)c2C)[C@@H]1C.[I-].[I-]. The molecule has 2 N–H and O–H groups in total. The van der Waals surface area contributed by atoms with Crippen LogP contribution in [0.1, 0.15) is 38.8 Å². The van der Waals surface area contributed by atoms with Gasteiger partial charge in [0.25, 0.3) is 0 Å². The zero-order chi connectivity index (χ0) is 22.6. The third-order valence-electron chi connectivity index (χ3n) is 7.59. The lowest BCUT2D eigenvalue weighted by molar-refractivity contribution is -0.787. The number of para-hydroxylation sites is 4. The summed E-state index contributed by atoms with van der Waals surface area (Å²) in [4.78, 5) is 8.01. The lowest BCUT2D eigenvalue weighted by Crippen LogP contribution is -3.08. The Hall–Kier alpha value is -1.36. The number of hydrogen-bond acceptors (Lipinski definition) is 2. The van der Waals surface area contributed by atoms with E-state index in [-0.39, 0.29) is 48.0 Å². The van der Waals surface area contributed by atoms with Crippen LogP contribution in [0, 0.1) is 13.8 Å². The first-order valence-electron chi connectivity index (χ1n) is 12.1. The van der Waals surface area contributed by atoms with Gasteiger partial charge in [0.15, 0.2) is 23.7 Å². The maximum absolute atomic E-state index is 2.53. The molecule has 3 aromatic carbocycles. The zero-order valence-electron chi connectivity index (χ0n) is 21.0. The van der Waals surface area contributed by atoms with Crippen molar-refractivity contribution in [2.75, 3.05) is 22.9 Å². The third kappa shape index (κ3) is 4.14. The monoisotopic (exact) mass is 682 g/mol. The molecule has 5 rings (SSSR count). The molecule has 3 aromatic rings. The number of rotatable bonds is 4. The maximum Gasteiger partial charge on any atom is 0.169 e. The van der Waals surface area contributed by atoms with Gasteiger partial charge in [-0.1, -0.05) is 24.3 Å². The van der Waals surface area contributed by atoms with Crippen LogP contribution in [0.15, 0.2) is 60.7 Å². The molecule has 0 radical (unpaired) electrons. The number of nitrogens with zero attached hydrogens (tertiary/aromatic N) is 2. The molecule has 0 spiro atoms. The molecule has 34 heavy (non-hydrogen) atoms. The largest absolute Gasteiger partial charge is 1.00 e. The summed E-state index contributed by atoms with van der Waals surface area (Å²) in [7, 11) is 0. The van der Waals surface area contributed by atoms with Crippen molar-refractivity contribution in [1.29, 1.82) is 0 Å². The van der Waals surface area contributed by atoms with E-state index in [0.29, 0.717) is 12.3 Å². The molecule has 0 saturated carbocycles. The molecular weight excluding hydrogens is 646 g/mol. The number of aryl methyl sites for hydroxylation is 1. The Balaban J connectivity index is 0.00000162. The van der Waals surface area contributed by atoms with Crippen LogP contribution in [-0.4, -0.2) is 25.4 Å². The van der Waals surface area contributed by atoms with E-state index in [0.717, 1.165) is 13.1 Å². The molecular formula is C28H36I2N4. The van der Waals surface area contributed by atoms with Gasteiger partial charge in [-0.3, -0.25) is 0 Å². The summed E-state index contributed by atoms with van der Waals surface area (Å²) in [6, 6.07) is 22.7. The van der Waals surface area contributed by atoms with Crippen LogP contribution in [0.3, 0.4) is 0 Å². The van der Waals surface area contributed by atoms with E-state index >= 15 is 0 Å². The fourth-order valence-corrected chi connectivity index (χ4v) is 6.13. The van der Waals surface area contributed by atoms with Gasteiger partial charge in [0.2, 0.25) is 0 Å². The quantitative estimate of drug-likeness (QED) is 0.322. The Morgan fingerprint density at radius 2 is 1.03 bits per heavy atom. The predicted molar refractivity (Wildman–Crippen MR) is 134 cm³/mol. The summed E-state index contributed by atoms with van der Waals surface area (Å²) in [6.45, 7) is 15.9. The van der Waals surface area contributed by atoms with E-state index in [9.17, 15) is 0 Å². The maximum atomic E-state index is 2.53. The van der Waals surface area contributed by atoms with Crippen molar-refractivity contribution in [1.82, 2.24) is 0 Å². The van der Waals surface area contributed by atoms with Crippen LogP contribution in [0.2, 0.25) is 0 Å². The van der Waals surface area contributed by atoms with Gasteiger partial charge in [-0.25, -0.2) is 9.80 Å². The van der Waals surface area contributed by atoms with E-state index in [4.69, 9.17) is 0 Å². The highest BCUT2D eigenvalue weighted by Gasteiger charge is 2.43. The van der Waals surface area contributed by atoms with Crippen LogP contribution in [0.4, 0.5) is 34.1 Å². The molecule has 2 aliphatic heterocycles. The highest BCUT2D eigenvalue weighted by molar-refractivity contribution is 5.71. The fourth-order valence-electron chi connectivity index (χ4n) is 6.13. The normalized spacial score (nSPS) is 22.6. The summed E-state index contributed by atoms with van der Waals surface area (Å²) in [5, 5.41) is 0. The minimum absolute atomic E-state index is 0. The standard InChI is InChI=1S/C28H34N4.2HI/c1-7-29-21(5)31(25-15-11-9-13-23(25)29)27-17-19(3)18-28(20(27)4)32-22(6)30(8-2)24-14-10-12-16-26(24)32;;/h9-18,21-22H,7-8H2,1-6H3;2*1H/t21-,22+;;. The smallest absolute Gasteiger partial charge is 0.169 e. The zero-order valence-corrected chi connectivity index (χ0v) is 25.3. The molecule has 182 valence electrons. The van der Waals surface area contributed by atoms with Crippen LogP contribution >= 0.6 is 0 Å². The van der Waals surface area contributed by atoms with Crippen molar-refractivity contribution in [3.63, 3.8) is 0 Å². The second kappa shape index (κ2) is 10.7. The predicted octanol–water partition coefficient (Wildman–Crippen LogP) is -1.62. The number of halogens is 2. The number of hydrogen-bond donors (Lipinski definition) is 2.